The lowest BCUT2D eigenvalue weighted by Gasteiger charge is -2.39. The summed E-state index contributed by atoms with van der Waals surface area (Å²) in [5, 5.41) is 0. The molecule has 1 aliphatic rings. The molecular formula is C9H18N2O3. The standard InChI is InChI=1S/C9H18N2O3/c1-9(6-10)7-11(3-4-14-9)8(12)5-13-2/h3-7,10H2,1-2H3. The molecule has 0 radical (unpaired) electrons. The molecule has 0 saturated carbocycles. The van der Waals surface area contributed by atoms with Gasteiger partial charge in [-0.3, -0.25) is 4.79 Å². The highest BCUT2D eigenvalue weighted by atomic mass is 16.5. The third kappa shape index (κ3) is 2.67. The molecule has 1 heterocycles. The monoisotopic (exact) mass is 202 g/mol. The third-order valence-corrected chi connectivity index (χ3v) is 2.39. The summed E-state index contributed by atoms with van der Waals surface area (Å²) < 4.78 is 10.3. The molecule has 5 nitrogen and oxygen atoms in total. The fraction of sp³-hybridized carbons (Fsp3) is 0.889. The molecule has 0 bridgehead atoms. The number of hydrogen-bond acceptors (Lipinski definition) is 4. The normalized spacial score (nSPS) is 27.8. The highest BCUT2D eigenvalue weighted by Gasteiger charge is 2.32. The van der Waals surface area contributed by atoms with Crippen molar-refractivity contribution in [1.82, 2.24) is 4.90 Å². The average Bonchev–Trinajstić information content (AvgIpc) is 2.18. The van der Waals surface area contributed by atoms with Crippen molar-refractivity contribution in [2.45, 2.75) is 12.5 Å². The number of morpholine rings is 1. The Morgan fingerprint density at radius 2 is 2.43 bits per heavy atom. The van der Waals surface area contributed by atoms with Crippen LogP contribution in [0.15, 0.2) is 0 Å². The number of nitrogens with two attached hydrogens (primary N) is 1. The van der Waals surface area contributed by atoms with Crippen molar-refractivity contribution in [3.63, 3.8) is 0 Å². The average molecular weight is 202 g/mol. The fourth-order valence-electron chi connectivity index (χ4n) is 1.48. The van der Waals surface area contributed by atoms with Crippen molar-refractivity contribution >= 4 is 5.91 Å². The Morgan fingerprint density at radius 1 is 1.71 bits per heavy atom. The summed E-state index contributed by atoms with van der Waals surface area (Å²) in [6.07, 6.45) is 0. The van der Waals surface area contributed by atoms with Gasteiger partial charge in [-0.05, 0) is 6.92 Å². The first-order valence-electron chi connectivity index (χ1n) is 4.72. The van der Waals surface area contributed by atoms with Gasteiger partial charge in [0.15, 0.2) is 0 Å². The molecule has 14 heavy (non-hydrogen) atoms. The molecule has 1 saturated heterocycles. The lowest BCUT2D eigenvalue weighted by molar-refractivity contribution is -0.150. The van der Waals surface area contributed by atoms with Gasteiger partial charge in [-0.2, -0.15) is 0 Å². The summed E-state index contributed by atoms with van der Waals surface area (Å²) in [6, 6.07) is 0. The lowest BCUT2D eigenvalue weighted by atomic mass is 10.1. The molecule has 2 N–H and O–H groups in total. The minimum Gasteiger partial charge on any atom is -0.375 e. The molecule has 0 aromatic carbocycles. The summed E-state index contributed by atoms with van der Waals surface area (Å²) in [4.78, 5) is 13.2. The zero-order chi connectivity index (χ0) is 10.6. The van der Waals surface area contributed by atoms with Gasteiger partial charge >= 0.3 is 0 Å². The molecule has 1 fully saturated rings. The zero-order valence-corrected chi connectivity index (χ0v) is 8.78. The van der Waals surface area contributed by atoms with Gasteiger partial charge in [0, 0.05) is 20.2 Å². The summed E-state index contributed by atoms with van der Waals surface area (Å²) in [6.45, 7) is 4.18. The van der Waals surface area contributed by atoms with Gasteiger partial charge in [0.25, 0.3) is 0 Å². The molecule has 0 aromatic heterocycles. The molecule has 1 aliphatic heterocycles. The molecule has 1 amide bonds. The van der Waals surface area contributed by atoms with Crippen molar-refractivity contribution in [2.75, 3.05) is 40.0 Å². The van der Waals surface area contributed by atoms with Gasteiger partial charge in [-0.15, -0.1) is 0 Å². The Kier molecular flexibility index (Phi) is 3.86. The van der Waals surface area contributed by atoms with Crippen LogP contribution in [0.4, 0.5) is 0 Å². The Balaban J connectivity index is 2.51. The summed E-state index contributed by atoms with van der Waals surface area (Å²) in [5.74, 6) is -0.00419. The number of carbonyl (C=O) groups excluding carboxylic acids is 1. The summed E-state index contributed by atoms with van der Waals surface area (Å²) in [5.41, 5.74) is 5.18. The van der Waals surface area contributed by atoms with E-state index in [4.69, 9.17) is 15.2 Å². The number of nitrogens with zero attached hydrogens (tertiary/aromatic N) is 1. The van der Waals surface area contributed by atoms with Crippen LogP contribution in [0.5, 0.6) is 0 Å². The first-order chi connectivity index (χ1) is 6.61. The number of methoxy groups -OCH3 is 1. The number of rotatable bonds is 3. The van der Waals surface area contributed by atoms with Crippen LogP contribution in [-0.2, 0) is 14.3 Å². The maximum atomic E-state index is 11.5. The Labute approximate surface area is 84.1 Å². The second-order valence-electron chi connectivity index (χ2n) is 3.75. The van der Waals surface area contributed by atoms with Gasteiger partial charge in [0.05, 0.1) is 18.8 Å². The predicted octanol–water partition coefficient (Wildman–Crippen LogP) is -0.791. The summed E-state index contributed by atoms with van der Waals surface area (Å²) >= 11 is 0. The third-order valence-electron chi connectivity index (χ3n) is 2.39. The molecule has 82 valence electrons. The van der Waals surface area contributed by atoms with Gasteiger partial charge in [-0.1, -0.05) is 0 Å². The Bertz CT molecular complexity index is 210. The van der Waals surface area contributed by atoms with Crippen LogP contribution in [0, 0.1) is 0 Å². The Hall–Kier alpha value is -0.650. The predicted molar refractivity (Wildman–Crippen MR) is 51.9 cm³/mol. The van der Waals surface area contributed by atoms with E-state index in [9.17, 15) is 4.79 Å². The maximum absolute atomic E-state index is 11.5. The van der Waals surface area contributed by atoms with E-state index in [2.05, 4.69) is 0 Å². The zero-order valence-electron chi connectivity index (χ0n) is 8.78. The van der Waals surface area contributed by atoms with E-state index in [1.54, 1.807) is 4.90 Å². The smallest absolute Gasteiger partial charge is 0.248 e. The number of ether oxygens (including phenoxy) is 2. The fourth-order valence-corrected chi connectivity index (χ4v) is 1.48. The summed E-state index contributed by atoms with van der Waals surface area (Å²) in [7, 11) is 1.51. The van der Waals surface area contributed by atoms with E-state index >= 15 is 0 Å². The molecule has 0 aliphatic carbocycles. The van der Waals surface area contributed by atoms with Crippen LogP contribution in [0.1, 0.15) is 6.92 Å². The van der Waals surface area contributed by atoms with Crippen LogP contribution >= 0.6 is 0 Å². The number of amides is 1. The second kappa shape index (κ2) is 4.72. The second-order valence-corrected chi connectivity index (χ2v) is 3.75. The highest BCUT2D eigenvalue weighted by molar-refractivity contribution is 5.77. The maximum Gasteiger partial charge on any atom is 0.248 e. The van der Waals surface area contributed by atoms with Gasteiger partial charge < -0.3 is 20.1 Å². The van der Waals surface area contributed by atoms with Crippen molar-refractivity contribution in [3.8, 4) is 0 Å². The first kappa shape index (κ1) is 11.4. The van der Waals surface area contributed by atoms with Crippen LogP contribution in [0.2, 0.25) is 0 Å². The van der Waals surface area contributed by atoms with E-state index in [1.165, 1.54) is 7.11 Å². The molecule has 5 heteroatoms. The van der Waals surface area contributed by atoms with Crippen LogP contribution in [-0.4, -0.2) is 56.4 Å². The molecule has 1 atom stereocenters. The van der Waals surface area contributed by atoms with Gasteiger partial charge in [0.1, 0.15) is 6.61 Å². The van der Waals surface area contributed by atoms with E-state index < -0.39 is 5.60 Å². The van der Waals surface area contributed by atoms with Gasteiger partial charge in [0.2, 0.25) is 5.91 Å². The van der Waals surface area contributed by atoms with E-state index in [-0.39, 0.29) is 12.5 Å². The topological polar surface area (TPSA) is 64.8 Å². The molecule has 0 aromatic rings. The van der Waals surface area contributed by atoms with Crippen molar-refractivity contribution < 1.29 is 14.3 Å². The van der Waals surface area contributed by atoms with E-state index in [0.717, 1.165) is 0 Å². The highest BCUT2D eigenvalue weighted by Crippen LogP contribution is 2.15. The van der Waals surface area contributed by atoms with Crippen LogP contribution in [0.3, 0.4) is 0 Å². The molecule has 1 rings (SSSR count). The molecule has 1 unspecified atom stereocenters. The van der Waals surface area contributed by atoms with E-state index in [0.29, 0.717) is 26.2 Å². The van der Waals surface area contributed by atoms with E-state index in [1.807, 2.05) is 6.92 Å². The minimum atomic E-state index is -0.401. The SMILES string of the molecule is COCC(=O)N1CCOC(C)(CN)C1. The van der Waals surface area contributed by atoms with Crippen LogP contribution < -0.4 is 5.73 Å². The van der Waals surface area contributed by atoms with Crippen molar-refractivity contribution in [2.24, 2.45) is 5.73 Å². The molecule has 0 spiro atoms. The first-order valence-corrected chi connectivity index (χ1v) is 4.72. The number of carbonyl (C=O) groups is 1. The van der Waals surface area contributed by atoms with Crippen molar-refractivity contribution in [1.29, 1.82) is 0 Å². The Morgan fingerprint density at radius 3 is 3.00 bits per heavy atom. The van der Waals surface area contributed by atoms with Crippen molar-refractivity contribution in [3.05, 3.63) is 0 Å². The minimum absolute atomic E-state index is 0.00419. The van der Waals surface area contributed by atoms with Crippen LogP contribution in [0.25, 0.3) is 0 Å². The largest absolute Gasteiger partial charge is 0.375 e. The van der Waals surface area contributed by atoms with Gasteiger partial charge in [-0.25, -0.2) is 0 Å². The molecular weight excluding hydrogens is 184 g/mol. The number of hydrogen-bond donors (Lipinski definition) is 1. The quantitative estimate of drug-likeness (QED) is 0.651. The lowest BCUT2D eigenvalue weighted by Crippen LogP contribution is -2.56.